The Morgan fingerprint density at radius 1 is 0.839 bits per heavy atom. The van der Waals surface area contributed by atoms with Crippen LogP contribution in [-0.4, -0.2) is 36.1 Å². The third kappa shape index (κ3) is 3.38. The Hall–Kier alpha value is -3.87. The fourth-order valence-electron chi connectivity index (χ4n) is 3.86. The predicted octanol–water partition coefficient (Wildman–Crippen LogP) is 4.06. The number of nitrogens with zero attached hydrogens (tertiary/aromatic N) is 1. The first-order chi connectivity index (χ1) is 15.0. The lowest BCUT2D eigenvalue weighted by molar-refractivity contribution is -0.136. The molecule has 7 nitrogen and oxygen atoms in total. The summed E-state index contributed by atoms with van der Waals surface area (Å²) in [7, 11) is 0. The number of hydrogen-bond acceptors (Lipinski definition) is 5. The van der Waals surface area contributed by atoms with Gasteiger partial charge in [-0.25, -0.2) is 4.90 Å². The minimum Gasteiger partial charge on any atom is -0.492 e. The largest absolute Gasteiger partial charge is 0.492 e. The third-order valence-electron chi connectivity index (χ3n) is 5.08. The number of amides is 2. The number of carbonyl (C=O) groups excluding carboxylic acids is 2. The summed E-state index contributed by atoms with van der Waals surface area (Å²) in [6, 6.07) is 13.7. The molecule has 0 saturated heterocycles. The molecule has 0 saturated carbocycles. The molecule has 4 rings (SSSR count). The van der Waals surface area contributed by atoms with E-state index >= 15 is 0 Å². The van der Waals surface area contributed by atoms with E-state index in [-0.39, 0.29) is 17.5 Å². The van der Waals surface area contributed by atoms with Gasteiger partial charge in [0.25, 0.3) is 11.8 Å². The number of aliphatic carboxylic acids is 1. The van der Waals surface area contributed by atoms with E-state index in [0.717, 1.165) is 4.90 Å². The Morgan fingerprint density at radius 3 is 1.74 bits per heavy atom. The van der Waals surface area contributed by atoms with Gasteiger partial charge in [0, 0.05) is 10.8 Å². The van der Waals surface area contributed by atoms with Gasteiger partial charge in [0.1, 0.15) is 11.5 Å². The fraction of sp³-hybridized carbons (Fsp3) is 0.208. The molecule has 0 spiro atoms. The van der Waals surface area contributed by atoms with Crippen molar-refractivity contribution in [1.82, 2.24) is 0 Å². The zero-order valence-corrected chi connectivity index (χ0v) is 17.2. The average molecular weight is 419 g/mol. The smallest absolute Gasteiger partial charge is 0.307 e. The minimum atomic E-state index is -0.956. The molecule has 7 heteroatoms. The summed E-state index contributed by atoms with van der Waals surface area (Å²) in [4.78, 5) is 38.9. The van der Waals surface area contributed by atoms with Gasteiger partial charge in [-0.2, -0.15) is 0 Å². The summed E-state index contributed by atoms with van der Waals surface area (Å²) < 4.78 is 11.7. The zero-order chi connectivity index (χ0) is 22.1. The van der Waals surface area contributed by atoms with Crippen molar-refractivity contribution in [1.29, 1.82) is 0 Å². The second-order valence-electron chi connectivity index (χ2n) is 7.00. The predicted molar refractivity (Wildman–Crippen MR) is 115 cm³/mol. The van der Waals surface area contributed by atoms with Crippen LogP contribution in [0.4, 0.5) is 5.69 Å². The van der Waals surface area contributed by atoms with Gasteiger partial charge in [0.05, 0.1) is 36.4 Å². The first-order valence-electron chi connectivity index (χ1n) is 10.0. The summed E-state index contributed by atoms with van der Waals surface area (Å²) in [6.07, 6.45) is -0.142. The topological polar surface area (TPSA) is 93.1 Å². The Morgan fingerprint density at radius 2 is 1.32 bits per heavy atom. The van der Waals surface area contributed by atoms with Crippen LogP contribution in [0.2, 0.25) is 0 Å². The molecule has 3 aromatic carbocycles. The van der Waals surface area contributed by atoms with Crippen molar-refractivity contribution >= 4 is 34.2 Å². The van der Waals surface area contributed by atoms with E-state index in [0.29, 0.717) is 46.7 Å². The monoisotopic (exact) mass is 419 g/mol. The highest BCUT2D eigenvalue weighted by molar-refractivity contribution is 6.38. The molecule has 1 N–H and O–H groups in total. The number of carboxylic acids is 1. The maximum absolute atomic E-state index is 13.4. The lowest BCUT2D eigenvalue weighted by Crippen LogP contribution is -2.29. The Labute approximate surface area is 178 Å². The highest BCUT2D eigenvalue weighted by atomic mass is 16.5. The van der Waals surface area contributed by atoms with Crippen molar-refractivity contribution in [2.75, 3.05) is 18.1 Å². The van der Waals surface area contributed by atoms with Crippen LogP contribution in [0.3, 0.4) is 0 Å². The number of carbonyl (C=O) groups is 3. The molecule has 0 bridgehead atoms. The summed E-state index contributed by atoms with van der Waals surface area (Å²) >= 11 is 0. The Kier molecular flexibility index (Phi) is 5.33. The normalized spacial score (nSPS) is 12.9. The molecule has 2 amide bonds. The van der Waals surface area contributed by atoms with Crippen LogP contribution in [0.15, 0.2) is 48.5 Å². The quantitative estimate of drug-likeness (QED) is 0.581. The maximum atomic E-state index is 13.4. The van der Waals surface area contributed by atoms with E-state index in [4.69, 9.17) is 14.6 Å². The molecule has 158 valence electrons. The maximum Gasteiger partial charge on any atom is 0.307 e. The number of benzene rings is 3. The van der Waals surface area contributed by atoms with Crippen LogP contribution in [0.5, 0.6) is 11.5 Å². The minimum absolute atomic E-state index is 0.142. The van der Waals surface area contributed by atoms with Gasteiger partial charge in [-0.05, 0) is 31.5 Å². The Bertz CT molecular complexity index is 1130. The molecule has 1 aliphatic heterocycles. The second-order valence-corrected chi connectivity index (χ2v) is 7.00. The summed E-state index contributed by atoms with van der Waals surface area (Å²) in [5, 5.41) is 10.4. The van der Waals surface area contributed by atoms with Crippen LogP contribution in [-0.2, 0) is 11.2 Å². The van der Waals surface area contributed by atoms with E-state index in [9.17, 15) is 14.4 Å². The van der Waals surface area contributed by atoms with Crippen molar-refractivity contribution in [3.8, 4) is 11.5 Å². The van der Waals surface area contributed by atoms with Gasteiger partial charge in [-0.3, -0.25) is 14.4 Å². The molecule has 0 unspecified atom stereocenters. The second kappa shape index (κ2) is 8.10. The van der Waals surface area contributed by atoms with Gasteiger partial charge >= 0.3 is 5.97 Å². The van der Waals surface area contributed by atoms with Gasteiger partial charge in [0.2, 0.25) is 0 Å². The van der Waals surface area contributed by atoms with E-state index in [1.807, 2.05) is 38.1 Å². The van der Waals surface area contributed by atoms with Crippen molar-refractivity contribution < 1.29 is 29.0 Å². The summed E-state index contributed by atoms with van der Waals surface area (Å²) in [6.45, 7) is 4.29. The van der Waals surface area contributed by atoms with E-state index in [1.165, 1.54) is 0 Å². The number of fused-ring (bicyclic) bond motifs is 2. The molecular formula is C24H21NO6. The summed E-state index contributed by atoms with van der Waals surface area (Å²) in [5.41, 5.74) is 1.30. The van der Waals surface area contributed by atoms with Crippen LogP contribution >= 0.6 is 0 Å². The van der Waals surface area contributed by atoms with Crippen LogP contribution in [0.1, 0.15) is 40.1 Å². The van der Waals surface area contributed by atoms with Gasteiger partial charge in [-0.1, -0.05) is 36.4 Å². The number of anilines is 1. The highest BCUT2D eigenvalue weighted by Gasteiger charge is 2.43. The van der Waals surface area contributed by atoms with E-state index in [1.54, 1.807) is 24.3 Å². The third-order valence-corrected chi connectivity index (χ3v) is 5.08. The Balaban J connectivity index is 1.90. The van der Waals surface area contributed by atoms with Crippen molar-refractivity contribution in [2.24, 2.45) is 0 Å². The number of imide groups is 1. The average Bonchev–Trinajstić information content (AvgIpc) is 3.01. The van der Waals surface area contributed by atoms with Crippen molar-refractivity contribution in [3.63, 3.8) is 0 Å². The van der Waals surface area contributed by atoms with E-state index < -0.39 is 17.8 Å². The highest BCUT2D eigenvalue weighted by Crippen LogP contribution is 2.46. The molecule has 0 aromatic heterocycles. The molecule has 31 heavy (non-hydrogen) atoms. The standard InChI is InChI=1S/C24H21NO6/c1-3-30-21-16-7-5-6-8-17(16)22(31-4-2)20-19(21)23(28)25(24(20)29)15-11-9-14(10-12-15)13-18(26)27/h5-12H,3-4,13H2,1-2H3,(H,26,27). The molecule has 3 aromatic rings. The molecule has 1 aliphatic rings. The molecular weight excluding hydrogens is 398 g/mol. The van der Waals surface area contributed by atoms with E-state index in [2.05, 4.69) is 0 Å². The summed E-state index contributed by atoms with van der Waals surface area (Å²) in [5.74, 6) is -1.23. The zero-order valence-electron chi connectivity index (χ0n) is 17.2. The van der Waals surface area contributed by atoms with Crippen LogP contribution in [0.25, 0.3) is 10.8 Å². The molecule has 0 atom stereocenters. The van der Waals surface area contributed by atoms with Gasteiger partial charge < -0.3 is 14.6 Å². The number of carboxylic acid groups (broad SMARTS) is 1. The molecule has 0 radical (unpaired) electrons. The van der Waals surface area contributed by atoms with Crippen LogP contribution < -0.4 is 14.4 Å². The molecule has 0 aliphatic carbocycles. The van der Waals surface area contributed by atoms with Crippen molar-refractivity contribution in [2.45, 2.75) is 20.3 Å². The molecule has 0 fully saturated rings. The number of hydrogen-bond donors (Lipinski definition) is 1. The van der Waals surface area contributed by atoms with Crippen LogP contribution in [0, 0.1) is 0 Å². The molecule has 1 heterocycles. The lowest BCUT2D eigenvalue weighted by atomic mass is 9.99. The number of ether oxygens (including phenoxy) is 2. The lowest BCUT2D eigenvalue weighted by Gasteiger charge is -2.15. The van der Waals surface area contributed by atoms with Gasteiger partial charge in [-0.15, -0.1) is 0 Å². The van der Waals surface area contributed by atoms with Crippen molar-refractivity contribution in [3.05, 3.63) is 65.2 Å². The van der Waals surface area contributed by atoms with Gasteiger partial charge in [0.15, 0.2) is 0 Å². The first kappa shape index (κ1) is 20.4. The number of rotatable bonds is 7. The fourth-order valence-corrected chi connectivity index (χ4v) is 3.86. The first-order valence-corrected chi connectivity index (χ1v) is 10.0. The SMILES string of the molecule is CCOc1c2c(c(OCC)c3ccccc13)C(=O)N(c1ccc(CC(=O)O)cc1)C2=O.